The highest BCUT2D eigenvalue weighted by atomic mass is 16.2. The van der Waals surface area contributed by atoms with Gasteiger partial charge in [0.25, 0.3) is 0 Å². The fourth-order valence-corrected chi connectivity index (χ4v) is 4.33. The molecule has 1 aliphatic heterocycles. The third-order valence-electron chi connectivity index (χ3n) is 5.91. The third kappa shape index (κ3) is 4.11. The second-order valence-electron chi connectivity index (χ2n) is 8.41. The molecule has 4 heteroatoms. The molecule has 1 unspecified atom stereocenters. The number of fused-ring (bicyclic) bond motifs is 1. The standard InChI is InChI=1S/C22H32N2O2/c1-15(2)12-13-23-21(25)17-8-10-18(11-9-17)22(26)24-16(3)14-19-6-4-5-7-20(19)24/h4-7,15-18H,8-14H2,1-3H3,(H,23,25). The van der Waals surface area contributed by atoms with Crippen LogP contribution in [0.1, 0.15) is 58.4 Å². The van der Waals surface area contributed by atoms with Gasteiger partial charge in [0.2, 0.25) is 11.8 Å². The molecule has 0 aromatic heterocycles. The van der Waals surface area contributed by atoms with Gasteiger partial charge in [-0.05, 0) is 63.0 Å². The Balaban J connectivity index is 1.53. The molecule has 2 amide bonds. The molecule has 0 bridgehead atoms. The van der Waals surface area contributed by atoms with Gasteiger partial charge in [0.15, 0.2) is 0 Å². The minimum absolute atomic E-state index is 0.0586. The Morgan fingerprint density at radius 1 is 1.12 bits per heavy atom. The van der Waals surface area contributed by atoms with Crippen LogP contribution in [0.5, 0.6) is 0 Å². The van der Waals surface area contributed by atoms with Crippen molar-refractivity contribution >= 4 is 17.5 Å². The molecular formula is C22H32N2O2. The van der Waals surface area contributed by atoms with Gasteiger partial charge in [-0.3, -0.25) is 9.59 Å². The van der Waals surface area contributed by atoms with Crippen LogP contribution in [-0.2, 0) is 16.0 Å². The highest BCUT2D eigenvalue weighted by Crippen LogP contribution is 2.36. The van der Waals surface area contributed by atoms with Crippen LogP contribution >= 0.6 is 0 Å². The summed E-state index contributed by atoms with van der Waals surface area (Å²) in [4.78, 5) is 27.4. The zero-order valence-electron chi connectivity index (χ0n) is 16.3. The van der Waals surface area contributed by atoms with E-state index >= 15 is 0 Å². The average molecular weight is 357 g/mol. The molecule has 1 heterocycles. The van der Waals surface area contributed by atoms with Crippen molar-refractivity contribution in [2.24, 2.45) is 17.8 Å². The molecule has 1 atom stereocenters. The van der Waals surface area contributed by atoms with Crippen molar-refractivity contribution in [3.05, 3.63) is 29.8 Å². The van der Waals surface area contributed by atoms with Gasteiger partial charge >= 0.3 is 0 Å². The number of benzene rings is 1. The molecular weight excluding hydrogens is 324 g/mol. The zero-order chi connectivity index (χ0) is 18.7. The fraction of sp³-hybridized carbons (Fsp3) is 0.636. The molecule has 26 heavy (non-hydrogen) atoms. The SMILES string of the molecule is CC(C)CCNC(=O)C1CCC(C(=O)N2c3ccccc3CC2C)CC1. The molecule has 0 radical (unpaired) electrons. The van der Waals surface area contributed by atoms with E-state index in [-0.39, 0.29) is 29.7 Å². The minimum Gasteiger partial charge on any atom is -0.356 e. The number of nitrogens with zero attached hydrogens (tertiary/aromatic N) is 1. The number of carbonyl (C=O) groups excluding carboxylic acids is 2. The van der Waals surface area contributed by atoms with E-state index < -0.39 is 0 Å². The number of carbonyl (C=O) groups is 2. The topological polar surface area (TPSA) is 49.4 Å². The lowest BCUT2D eigenvalue weighted by atomic mass is 9.80. The second kappa shape index (κ2) is 8.24. The Hall–Kier alpha value is -1.84. The van der Waals surface area contributed by atoms with Crippen LogP contribution in [0.4, 0.5) is 5.69 Å². The van der Waals surface area contributed by atoms with Crippen molar-refractivity contribution in [1.82, 2.24) is 5.32 Å². The lowest BCUT2D eigenvalue weighted by Gasteiger charge is -2.32. The number of rotatable bonds is 5. The van der Waals surface area contributed by atoms with Crippen molar-refractivity contribution < 1.29 is 9.59 Å². The zero-order valence-corrected chi connectivity index (χ0v) is 16.3. The summed E-state index contributed by atoms with van der Waals surface area (Å²) in [5.74, 6) is 1.17. The van der Waals surface area contributed by atoms with Crippen molar-refractivity contribution in [2.75, 3.05) is 11.4 Å². The van der Waals surface area contributed by atoms with Gasteiger partial charge in [0, 0.05) is 30.1 Å². The van der Waals surface area contributed by atoms with Crippen molar-refractivity contribution in [3.8, 4) is 0 Å². The predicted molar refractivity (Wildman–Crippen MR) is 105 cm³/mol. The number of anilines is 1. The summed E-state index contributed by atoms with van der Waals surface area (Å²) >= 11 is 0. The van der Waals surface area contributed by atoms with Gasteiger partial charge < -0.3 is 10.2 Å². The van der Waals surface area contributed by atoms with Crippen molar-refractivity contribution in [2.45, 2.75) is 65.3 Å². The van der Waals surface area contributed by atoms with E-state index in [4.69, 9.17) is 0 Å². The minimum atomic E-state index is 0.0586. The highest BCUT2D eigenvalue weighted by molar-refractivity contribution is 5.97. The van der Waals surface area contributed by atoms with Gasteiger partial charge in [-0.15, -0.1) is 0 Å². The monoisotopic (exact) mass is 356 g/mol. The summed E-state index contributed by atoms with van der Waals surface area (Å²) in [5, 5.41) is 3.07. The molecule has 0 spiro atoms. The molecule has 1 saturated carbocycles. The molecule has 1 N–H and O–H groups in total. The number of hydrogen-bond donors (Lipinski definition) is 1. The highest BCUT2D eigenvalue weighted by Gasteiger charge is 2.37. The first kappa shape index (κ1) is 18.9. The summed E-state index contributed by atoms with van der Waals surface area (Å²) in [7, 11) is 0. The normalized spacial score (nSPS) is 25.2. The number of hydrogen-bond acceptors (Lipinski definition) is 2. The first-order valence-electron chi connectivity index (χ1n) is 10.2. The Morgan fingerprint density at radius 3 is 2.46 bits per heavy atom. The van der Waals surface area contributed by atoms with Crippen LogP contribution in [0.25, 0.3) is 0 Å². The molecule has 1 fully saturated rings. The molecule has 0 saturated heterocycles. The van der Waals surface area contributed by atoms with Crippen LogP contribution < -0.4 is 10.2 Å². The number of para-hydroxylation sites is 1. The summed E-state index contributed by atoms with van der Waals surface area (Å²) < 4.78 is 0. The summed E-state index contributed by atoms with van der Waals surface area (Å²) in [6, 6.07) is 8.47. The van der Waals surface area contributed by atoms with E-state index in [0.29, 0.717) is 5.92 Å². The van der Waals surface area contributed by atoms with Crippen LogP contribution in [-0.4, -0.2) is 24.4 Å². The maximum atomic E-state index is 13.1. The number of nitrogens with one attached hydrogen (secondary N) is 1. The van der Waals surface area contributed by atoms with Crippen molar-refractivity contribution in [1.29, 1.82) is 0 Å². The molecule has 4 nitrogen and oxygen atoms in total. The van der Waals surface area contributed by atoms with E-state index in [9.17, 15) is 9.59 Å². The van der Waals surface area contributed by atoms with Gasteiger partial charge in [-0.1, -0.05) is 32.0 Å². The Kier molecular flexibility index (Phi) is 6.00. The molecule has 142 valence electrons. The van der Waals surface area contributed by atoms with E-state index in [2.05, 4.69) is 38.2 Å². The molecule has 3 rings (SSSR count). The van der Waals surface area contributed by atoms with Gasteiger partial charge in [-0.25, -0.2) is 0 Å². The molecule has 1 aromatic rings. The largest absolute Gasteiger partial charge is 0.356 e. The van der Waals surface area contributed by atoms with E-state index in [1.807, 2.05) is 17.0 Å². The molecule has 1 aromatic carbocycles. The molecule has 2 aliphatic rings. The van der Waals surface area contributed by atoms with E-state index in [1.54, 1.807) is 0 Å². The first-order valence-corrected chi connectivity index (χ1v) is 10.2. The quantitative estimate of drug-likeness (QED) is 0.869. The summed E-state index contributed by atoms with van der Waals surface area (Å²) in [6.45, 7) is 7.23. The third-order valence-corrected chi connectivity index (χ3v) is 5.91. The van der Waals surface area contributed by atoms with Crippen LogP contribution in [0.3, 0.4) is 0 Å². The van der Waals surface area contributed by atoms with E-state index in [0.717, 1.165) is 50.8 Å². The van der Waals surface area contributed by atoms with Gasteiger partial charge in [0.1, 0.15) is 0 Å². The van der Waals surface area contributed by atoms with E-state index in [1.165, 1.54) is 5.56 Å². The Morgan fingerprint density at radius 2 is 1.77 bits per heavy atom. The van der Waals surface area contributed by atoms with Crippen molar-refractivity contribution in [3.63, 3.8) is 0 Å². The summed E-state index contributed by atoms with van der Waals surface area (Å²) in [6.07, 6.45) is 5.27. The van der Waals surface area contributed by atoms with Crippen LogP contribution in [0, 0.1) is 17.8 Å². The smallest absolute Gasteiger partial charge is 0.230 e. The van der Waals surface area contributed by atoms with Crippen LogP contribution in [0.15, 0.2) is 24.3 Å². The maximum Gasteiger partial charge on any atom is 0.230 e. The number of amides is 2. The van der Waals surface area contributed by atoms with Gasteiger partial charge in [0.05, 0.1) is 0 Å². The predicted octanol–water partition coefficient (Wildman–Crippen LogP) is 3.93. The maximum absolute atomic E-state index is 13.1. The first-order chi connectivity index (χ1) is 12.5. The fourth-order valence-electron chi connectivity index (χ4n) is 4.33. The van der Waals surface area contributed by atoms with Crippen LogP contribution in [0.2, 0.25) is 0 Å². The Bertz CT molecular complexity index is 647. The lowest BCUT2D eigenvalue weighted by molar-refractivity contribution is -0.129. The second-order valence-corrected chi connectivity index (χ2v) is 8.41. The Labute approximate surface area is 157 Å². The van der Waals surface area contributed by atoms with Gasteiger partial charge in [-0.2, -0.15) is 0 Å². The lowest BCUT2D eigenvalue weighted by Crippen LogP contribution is -2.42. The average Bonchev–Trinajstić information content (AvgIpc) is 2.96. The molecule has 1 aliphatic carbocycles. The summed E-state index contributed by atoms with van der Waals surface area (Å²) in [5.41, 5.74) is 2.35.